The van der Waals surface area contributed by atoms with Crippen molar-refractivity contribution in [2.45, 2.75) is 25.4 Å². The van der Waals surface area contributed by atoms with Crippen LogP contribution in [0.25, 0.3) is 0 Å². The van der Waals surface area contributed by atoms with Crippen LogP contribution in [0.4, 0.5) is 5.69 Å². The minimum atomic E-state index is -0.00657. The van der Waals surface area contributed by atoms with Gasteiger partial charge in [-0.25, -0.2) is 0 Å². The van der Waals surface area contributed by atoms with E-state index >= 15 is 0 Å². The molecule has 3 fully saturated rings. The first kappa shape index (κ1) is 17.5. The van der Waals surface area contributed by atoms with E-state index in [-0.39, 0.29) is 36.4 Å². The summed E-state index contributed by atoms with van der Waals surface area (Å²) in [6.45, 7) is 3.45. The molecule has 0 aliphatic carbocycles. The van der Waals surface area contributed by atoms with E-state index in [2.05, 4.69) is 0 Å². The molecule has 0 radical (unpaired) electrons. The number of ether oxygens (including phenoxy) is 2. The zero-order valence-electron chi connectivity index (χ0n) is 15.0. The quantitative estimate of drug-likeness (QED) is 0.807. The summed E-state index contributed by atoms with van der Waals surface area (Å²) in [4.78, 5) is 29.2. The number of likely N-dealkylation sites (tertiary alicyclic amines) is 1. The molecule has 4 rings (SSSR count). The van der Waals surface area contributed by atoms with E-state index < -0.39 is 0 Å². The molecule has 3 saturated heterocycles. The predicted molar refractivity (Wildman–Crippen MR) is 96.8 cm³/mol. The molecule has 2 atom stereocenters. The molecular formula is C20H26N2O4. The summed E-state index contributed by atoms with van der Waals surface area (Å²) in [7, 11) is 0. The third kappa shape index (κ3) is 3.62. The maximum atomic E-state index is 12.9. The van der Waals surface area contributed by atoms with Crippen molar-refractivity contribution < 1.29 is 19.1 Å². The van der Waals surface area contributed by atoms with Crippen molar-refractivity contribution in [3.63, 3.8) is 0 Å². The van der Waals surface area contributed by atoms with Gasteiger partial charge in [0.15, 0.2) is 0 Å². The maximum Gasteiger partial charge on any atom is 0.252 e. The van der Waals surface area contributed by atoms with E-state index in [4.69, 9.17) is 9.47 Å². The van der Waals surface area contributed by atoms with Gasteiger partial charge >= 0.3 is 0 Å². The fraction of sp³-hybridized carbons (Fsp3) is 0.600. The molecule has 1 aromatic carbocycles. The Hall–Kier alpha value is -1.92. The van der Waals surface area contributed by atoms with Gasteiger partial charge in [-0.15, -0.1) is 0 Å². The second-order valence-electron chi connectivity index (χ2n) is 7.41. The van der Waals surface area contributed by atoms with Crippen LogP contribution in [0.5, 0.6) is 0 Å². The molecule has 1 aromatic rings. The lowest BCUT2D eigenvalue weighted by atomic mass is 9.91. The number of nitrogens with zero attached hydrogens (tertiary/aromatic N) is 2. The molecule has 0 aromatic heterocycles. The second-order valence-corrected chi connectivity index (χ2v) is 7.41. The van der Waals surface area contributed by atoms with Gasteiger partial charge in [0.1, 0.15) is 6.61 Å². The Morgan fingerprint density at radius 2 is 1.81 bits per heavy atom. The van der Waals surface area contributed by atoms with Gasteiger partial charge in [0.25, 0.3) is 5.91 Å². The van der Waals surface area contributed by atoms with Crippen LogP contribution in [0.15, 0.2) is 30.3 Å². The number of carbonyl (C=O) groups is 2. The van der Waals surface area contributed by atoms with Gasteiger partial charge in [-0.2, -0.15) is 0 Å². The first-order valence-corrected chi connectivity index (χ1v) is 9.56. The first-order valence-electron chi connectivity index (χ1n) is 9.56. The predicted octanol–water partition coefficient (Wildman–Crippen LogP) is 1.69. The highest BCUT2D eigenvalue weighted by Gasteiger charge is 2.39. The Labute approximate surface area is 154 Å². The molecule has 26 heavy (non-hydrogen) atoms. The van der Waals surface area contributed by atoms with E-state index in [0.717, 1.165) is 31.5 Å². The number of fused-ring (bicyclic) bond motifs is 1. The van der Waals surface area contributed by atoms with Gasteiger partial charge in [-0.1, -0.05) is 18.2 Å². The van der Waals surface area contributed by atoms with E-state index in [0.29, 0.717) is 26.3 Å². The van der Waals surface area contributed by atoms with Gasteiger partial charge in [-0.05, 0) is 31.4 Å². The molecule has 0 N–H and O–H groups in total. The number of amides is 2. The Morgan fingerprint density at radius 1 is 1.04 bits per heavy atom. The van der Waals surface area contributed by atoms with Crippen molar-refractivity contribution in [3.05, 3.63) is 30.3 Å². The standard InChI is InChI=1S/C20H26N2O4/c23-19-14-26-18-6-9-21(20(24)15-7-10-25-11-8-15)12-16(18)13-22(19)17-4-2-1-3-5-17/h1-5,15-16,18H,6-14H2/t16-,18+/m1/s1. The lowest BCUT2D eigenvalue weighted by molar-refractivity contribution is -0.143. The molecule has 0 spiro atoms. The minimum absolute atomic E-state index is 0.00657. The van der Waals surface area contributed by atoms with Crippen LogP contribution in [0, 0.1) is 11.8 Å². The molecule has 0 saturated carbocycles. The van der Waals surface area contributed by atoms with E-state index in [9.17, 15) is 9.59 Å². The zero-order valence-corrected chi connectivity index (χ0v) is 15.0. The summed E-state index contributed by atoms with van der Waals surface area (Å²) in [6.07, 6.45) is 2.48. The summed E-state index contributed by atoms with van der Waals surface area (Å²) in [5, 5.41) is 0. The Kier molecular flexibility index (Phi) is 5.22. The van der Waals surface area contributed by atoms with Crippen LogP contribution < -0.4 is 4.90 Å². The highest BCUT2D eigenvalue weighted by molar-refractivity contribution is 5.94. The highest BCUT2D eigenvalue weighted by Crippen LogP contribution is 2.29. The SMILES string of the molecule is O=C(C1CCOCC1)N1CC[C@@H]2OCC(=O)N(c3ccccc3)C[C@H]2C1. The summed E-state index contributed by atoms with van der Waals surface area (Å²) >= 11 is 0. The summed E-state index contributed by atoms with van der Waals surface area (Å²) < 4.78 is 11.3. The van der Waals surface area contributed by atoms with Gasteiger partial charge in [0.2, 0.25) is 5.91 Å². The lowest BCUT2D eigenvalue weighted by Crippen LogP contribution is -2.51. The van der Waals surface area contributed by atoms with Crippen LogP contribution in [-0.4, -0.2) is 62.3 Å². The van der Waals surface area contributed by atoms with E-state index in [1.165, 1.54) is 0 Å². The Balaban J connectivity index is 1.47. The molecule has 6 nitrogen and oxygen atoms in total. The van der Waals surface area contributed by atoms with Crippen LogP contribution in [0.1, 0.15) is 19.3 Å². The van der Waals surface area contributed by atoms with Gasteiger partial charge in [0.05, 0.1) is 6.10 Å². The number of benzene rings is 1. The topological polar surface area (TPSA) is 59.1 Å². The summed E-state index contributed by atoms with van der Waals surface area (Å²) in [5.41, 5.74) is 0.898. The summed E-state index contributed by atoms with van der Waals surface area (Å²) in [6, 6.07) is 9.72. The Morgan fingerprint density at radius 3 is 2.58 bits per heavy atom. The van der Waals surface area contributed by atoms with Crippen molar-refractivity contribution in [1.29, 1.82) is 0 Å². The second kappa shape index (κ2) is 7.76. The largest absolute Gasteiger partial charge is 0.381 e. The highest BCUT2D eigenvalue weighted by atomic mass is 16.5. The molecule has 3 aliphatic rings. The van der Waals surface area contributed by atoms with Crippen LogP contribution in [0.2, 0.25) is 0 Å². The molecule has 2 amide bonds. The number of rotatable bonds is 2. The molecule has 3 heterocycles. The van der Waals surface area contributed by atoms with Gasteiger partial charge < -0.3 is 19.3 Å². The normalized spacial score (nSPS) is 27.8. The lowest BCUT2D eigenvalue weighted by Gasteiger charge is -2.39. The number of hydrogen-bond acceptors (Lipinski definition) is 4. The number of hydrogen-bond donors (Lipinski definition) is 0. The molecule has 140 valence electrons. The zero-order chi connectivity index (χ0) is 17.9. The van der Waals surface area contributed by atoms with Gasteiger partial charge in [-0.3, -0.25) is 9.59 Å². The van der Waals surface area contributed by atoms with Crippen molar-refractivity contribution in [2.75, 3.05) is 44.4 Å². The van der Waals surface area contributed by atoms with Crippen molar-refractivity contribution >= 4 is 17.5 Å². The van der Waals surface area contributed by atoms with Crippen molar-refractivity contribution in [1.82, 2.24) is 4.90 Å². The summed E-state index contributed by atoms with van der Waals surface area (Å²) in [5.74, 6) is 0.472. The van der Waals surface area contributed by atoms with Crippen molar-refractivity contribution in [3.8, 4) is 0 Å². The third-order valence-electron chi connectivity index (χ3n) is 5.75. The number of para-hydroxylation sites is 1. The van der Waals surface area contributed by atoms with Crippen LogP contribution >= 0.6 is 0 Å². The number of carbonyl (C=O) groups excluding carboxylic acids is 2. The van der Waals surface area contributed by atoms with Crippen LogP contribution in [0.3, 0.4) is 0 Å². The van der Waals surface area contributed by atoms with Gasteiger partial charge in [0, 0.05) is 50.4 Å². The average Bonchev–Trinajstić information content (AvgIpc) is 2.87. The van der Waals surface area contributed by atoms with Crippen LogP contribution in [-0.2, 0) is 19.1 Å². The fourth-order valence-electron chi connectivity index (χ4n) is 4.26. The fourth-order valence-corrected chi connectivity index (χ4v) is 4.26. The van der Waals surface area contributed by atoms with E-state index in [1.54, 1.807) is 0 Å². The number of anilines is 1. The molecular weight excluding hydrogens is 332 g/mol. The Bertz CT molecular complexity index is 644. The average molecular weight is 358 g/mol. The first-order chi connectivity index (χ1) is 12.7. The van der Waals surface area contributed by atoms with Crippen molar-refractivity contribution in [2.24, 2.45) is 11.8 Å². The third-order valence-corrected chi connectivity index (χ3v) is 5.75. The molecule has 0 bridgehead atoms. The molecule has 3 aliphatic heterocycles. The van der Waals surface area contributed by atoms with E-state index in [1.807, 2.05) is 40.1 Å². The smallest absolute Gasteiger partial charge is 0.252 e. The molecule has 6 heteroatoms. The minimum Gasteiger partial charge on any atom is -0.381 e. The molecule has 0 unspecified atom stereocenters. The monoisotopic (exact) mass is 358 g/mol. The maximum absolute atomic E-state index is 12.9. The number of piperidine rings is 1.